The highest BCUT2D eigenvalue weighted by atomic mass is 16.2. The van der Waals surface area contributed by atoms with Crippen molar-refractivity contribution in [3.05, 3.63) is 59.3 Å². The maximum Gasteiger partial charge on any atom is 0.272 e. The van der Waals surface area contributed by atoms with Gasteiger partial charge < -0.3 is 15.2 Å². The molecule has 1 aliphatic heterocycles. The number of aromatic amines is 1. The number of H-pyrrole nitrogens is 1. The highest BCUT2D eigenvalue weighted by Gasteiger charge is 2.22. The van der Waals surface area contributed by atoms with E-state index in [0.29, 0.717) is 12.2 Å². The Morgan fingerprint density at radius 2 is 1.96 bits per heavy atom. The zero-order chi connectivity index (χ0) is 17.6. The van der Waals surface area contributed by atoms with Gasteiger partial charge in [-0.25, -0.2) is 0 Å². The summed E-state index contributed by atoms with van der Waals surface area (Å²) in [6.07, 6.45) is 0.810. The number of benzene rings is 2. The molecular weight excluding hydrogens is 314 g/mol. The molecule has 0 spiro atoms. The largest absolute Gasteiger partial charge is 0.351 e. The van der Waals surface area contributed by atoms with E-state index >= 15 is 0 Å². The third-order valence-electron chi connectivity index (χ3n) is 4.64. The number of carbonyl (C=O) groups is 2. The molecule has 0 saturated carbocycles. The van der Waals surface area contributed by atoms with Gasteiger partial charge in [-0.3, -0.25) is 9.59 Å². The van der Waals surface area contributed by atoms with E-state index in [4.69, 9.17) is 0 Å². The molecule has 0 bridgehead atoms. The van der Waals surface area contributed by atoms with Gasteiger partial charge in [0.05, 0.1) is 0 Å². The standard InChI is InChI=1S/C20H19N3O2/c1-12-3-4-14-11-18(22-17(14)9-12)20(25)21-16-5-6-19-15(10-16)7-8-23(19)13(2)24/h3-6,9-11,22H,7-8H2,1-2H3,(H,21,25). The van der Waals surface area contributed by atoms with E-state index < -0.39 is 0 Å². The lowest BCUT2D eigenvalue weighted by atomic mass is 10.1. The van der Waals surface area contributed by atoms with Crippen molar-refractivity contribution >= 4 is 34.1 Å². The Morgan fingerprint density at radius 3 is 2.76 bits per heavy atom. The van der Waals surface area contributed by atoms with Crippen molar-refractivity contribution in [1.29, 1.82) is 0 Å². The predicted octanol–water partition coefficient (Wildman–Crippen LogP) is 3.64. The van der Waals surface area contributed by atoms with Crippen LogP contribution in [-0.4, -0.2) is 23.3 Å². The van der Waals surface area contributed by atoms with Gasteiger partial charge in [0.2, 0.25) is 5.91 Å². The first-order chi connectivity index (χ1) is 12.0. The van der Waals surface area contributed by atoms with Crippen LogP contribution < -0.4 is 10.2 Å². The van der Waals surface area contributed by atoms with E-state index in [-0.39, 0.29) is 11.8 Å². The fourth-order valence-corrected chi connectivity index (χ4v) is 3.37. The maximum atomic E-state index is 12.5. The number of fused-ring (bicyclic) bond motifs is 2. The Labute approximate surface area is 145 Å². The van der Waals surface area contributed by atoms with Gasteiger partial charge in [0, 0.05) is 35.7 Å². The topological polar surface area (TPSA) is 65.2 Å². The summed E-state index contributed by atoms with van der Waals surface area (Å²) in [7, 11) is 0. The van der Waals surface area contributed by atoms with Crippen LogP contribution in [0.1, 0.15) is 28.5 Å². The minimum Gasteiger partial charge on any atom is -0.351 e. The molecule has 0 unspecified atom stereocenters. The molecule has 1 aliphatic rings. The lowest BCUT2D eigenvalue weighted by molar-refractivity contribution is -0.116. The molecule has 1 aromatic heterocycles. The molecule has 0 radical (unpaired) electrons. The van der Waals surface area contributed by atoms with Crippen LogP contribution in [-0.2, 0) is 11.2 Å². The van der Waals surface area contributed by atoms with Gasteiger partial charge in [-0.2, -0.15) is 0 Å². The Bertz CT molecular complexity index is 1000. The van der Waals surface area contributed by atoms with Gasteiger partial charge in [-0.1, -0.05) is 12.1 Å². The predicted molar refractivity (Wildman–Crippen MR) is 99.2 cm³/mol. The van der Waals surface area contributed by atoms with E-state index in [0.717, 1.165) is 39.8 Å². The fourth-order valence-electron chi connectivity index (χ4n) is 3.37. The Morgan fingerprint density at radius 1 is 1.12 bits per heavy atom. The summed E-state index contributed by atoms with van der Waals surface area (Å²) in [4.78, 5) is 29.1. The van der Waals surface area contributed by atoms with Crippen LogP contribution in [0.15, 0.2) is 42.5 Å². The van der Waals surface area contributed by atoms with Gasteiger partial charge in [0.25, 0.3) is 5.91 Å². The molecule has 3 aromatic rings. The van der Waals surface area contributed by atoms with Gasteiger partial charge >= 0.3 is 0 Å². The number of aryl methyl sites for hydroxylation is 1. The molecule has 2 aromatic carbocycles. The summed E-state index contributed by atoms with van der Waals surface area (Å²) in [5.41, 5.74) is 5.40. The summed E-state index contributed by atoms with van der Waals surface area (Å²) in [6.45, 7) is 4.29. The van der Waals surface area contributed by atoms with Crippen LogP contribution in [0, 0.1) is 6.92 Å². The lowest BCUT2D eigenvalue weighted by Gasteiger charge is -2.15. The van der Waals surface area contributed by atoms with Crippen molar-refractivity contribution in [2.75, 3.05) is 16.8 Å². The van der Waals surface area contributed by atoms with Crippen LogP contribution in [0.2, 0.25) is 0 Å². The molecule has 0 saturated heterocycles. The summed E-state index contributed by atoms with van der Waals surface area (Å²) < 4.78 is 0. The zero-order valence-electron chi connectivity index (χ0n) is 14.2. The van der Waals surface area contributed by atoms with Crippen LogP contribution in [0.5, 0.6) is 0 Å². The van der Waals surface area contributed by atoms with Crippen molar-refractivity contribution in [2.45, 2.75) is 20.3 Å². The smallest absolute Gasteiger partial charge is 0.272 e. The second-order valence-electron chi connectivity index (χ2n) is 6.49. The quantitative estimate of drug-likeness (QED) is 0.752. The Kier molecular flexibility index (Phi) is 3.57. The molecule has 0 aliphatic carbocycles. The first kappa shape index (κ1) is 15.4. The summed E-state index contributed by atoms with van der Waals surface area (Å²) >= 11 is 0. The molecule has 5 heteroatoms. The van der Waals surface area contributed by atoms with Crippen molar-refractivity contribution in [3.63, 3.8) is 0 Å². The molecule has 0 atom stereocenters. The third kappa shape index (κ3) is 2.78. The molecule has 25 heavy (non-hydrogen) atoms. The molecule has 0 fully saturated rings. The first-order valence-corrected chi connectivity index (χ1v) is 8.33. The number of aromatic nitrogens is 1. The zero-order valence-corrected chi connectivity index (χ0v) is 14.2. The second kappa shape index (κ2) is 5.77. The van der Waals surface area contributed by atoms with Crippen molar-refractivity contribution in [2.24, 2.45) is 0 Å². The lowest BCUT2D eigenvalue weighted by Crippen LogP contribution is -2.25. The summed E-state index contributed by atoms with van der Waals surface area (Å²) in [5.74, 6) is -0.126. The van der Waals surface area contributed by atoms with Crippen molar-refractivity contribution in [3.8, 4) is 0 Å². The minimum atomic E-state index is -0.171. The normalized spacial score (nSPS) is 13.1. The molecule has 4 rings (SSSR count). The summed E-state index contributed by atoms with van der Waals surface area (Å²) in [5, 5.41) is 3.95. The summed E-state index contributed by atoms with van der Waals surface area (Å²) in [6, 6.07) is 13.6. The van der Waals surface area contributed by atoms with Crippen LogP contribution in [0.3, 0.4) is 0 Å². The number of amides is 2. The number of rotatable bonds is 2. The second-order valence-corrected chi connectivity index (χ2v) is 6.49. The third-order valence-corrected chi connectivity index (χ3v) is 4.64. The average Bonchev–Trinajstić information content (AvgIpc) is 3.17. The maximum absolute atomic E-state index is 12.5. The number of hydrogen-bond acceptors (Lipinski definition) is 2. The first-order valence-electron chi connectivity index (χ1n) is 8.33. The van der Waals surface area contributed by atoms with Crippen LogP contribution in [0.4, 0.5) is 11.4 Å². The molecule has 2 heterocycles. The van der Waals surface area contributed by atoms with E-state index in [2.05, 4.69) is 10.3 Å². The fraction of sp³-hybridized carbons (Fsp3) is 0.200. The van der Waals surface area contributed by atoms with Crippen molar-refractivity contribution in [1.82, 2.24) is 4.98 Å². The van der Waals surface area contributed by atoms with Gasteiger partial charge in [0.15, 0.2) is 0 Å². The molecule has 2 amide bonds. The van der Waals surface area contributed by atoms with E-state index in [1.807, 2.05) is 49.4 Å². The average molecular weight is 333 g/mol. The molecular formula is C20H19N3O2. The number of hydrogen-bond donors (Lipinski definition) is 2. The van der Waals surface area contributed by atoms with Crippen molar-refractivity contribution < 1.29 is 9.59 Å². The Balaban J connectivity index is 1.57. The number of carbonyl (C=O) groups excluding carboxylic acids is 2. The van der Waals surface area contributed by atoms with Gasteiger partial charge in [-0.05, 0) is 54.8 Å². The molecule has 2 N–H and O–H groups in total. The van der Waals surface area contributed by atoms with Crippen LogP contribution >= 0.6 is 0 Å². The minimum absolute atomic E-state index is 0.0453. The molecule has 5 nitrogen and oxygen atoms in total. The number of nitrogens with zero attached hydrogens (tertiary/aromatic N) is 1. The van der Waals surface area contributed by atoms with E-state index in [9.17, 15) is 9.59 Å². The van der Waals surface area contributed by atoms with Gasteiger partial charge in [0.1, 0.15) is 5.69 Å². The van der Waals surface area contributed by atoms with E-state index in [1.165, 1.54) is 0 Å². The highest BCUT2D eigenvalue weighted by Crippen LogP contribution is 2.30. The molecule has 126 valence electrons. The number of nitrogens with one attached hydrogen (secondary N) is 2. The Hall–Kier alpha value is -3.08. The SMILES string of the molecule is CC(=O)N1CCc2cc(NC(=O)c3cc4ccc(C)cc4[nH]3)ccc21. The number of anilines is 2. The van der Waals surface area contributed by atoms with Crippen LogP contribution in [0.25, 0.3) is 10.9 Å². The monoisotopic (exact) mass is 333 g/mol. The van der Waals surface area contributed by atoms with E-state index in [1.54, 1.807) is 11.8 Å². The highest BCUT2D eigenvalue weighted by molar-refractivity contribution is 6.06. The van der Waals surface area contributed by atoms with Gasteiger partial charge in [-0.15, -0.1) is 0 Å².